The highest BCUT2D eigenvalue weighted by molar-refractivity contribution is 5.97. The van der Waals surface area contributed by atoms with Gasteiger partial charge in [0.15, 0.2) is 0 Å². The lowest BCUT2D eigenvalue weighted by atomic mass is 9.92. The number of nitrogens with zero attached hydrogens (tertiary/aromatic N) is 1. The van der Waals surface area contributed by atoms with E-state index in [1.807, 2.05) is 6.07 Å². The Balaban J connectivity index is 1.74. The minimum Gasteiger partial charge on any atom is -0.496 e. The summed E-state index contributed by atoms with van der Waals surface area (Å²) in [6.07, 6.45) is 2.16. The summed E-state index contributed by atoms with van der Waals surface area (Å²) in [6.45, 7) is 0. The molecule has 0 unspecified atom stereocenters. The molecule has 0 fully saturated rings. The molecule has 22 heavy (non-hydrogen) atoms. The van der Waals surface area contributed by atoms with E-state index in [9.17, 15) is 9.59 Å². The maximum absolute atomic E-state index is 12.4. The zero-order valence-corrected chi connectivity index (χ0v) is 12.3. The number of nitrogens with one attached hydrogen (secondary N) is 2. The number of carbonyl (C=O) groups is 1. The third kappa shape index (κ3) is 2.86. The lowest BCUT2D eigenvalue weighted by Crippen LogP contribution is -2.39. The molecule has 0 spiro atoms. The third-order valence-electron chi connectivity index (χ3n) is 3.86. The highest BCUT2D eigenvalue weighted by atomic mass is 16.5. The number of fused-ring (bicyclic) bond motifs is 1. The maximum Gasteiger partial charge on any atom is 0.264 e. The largest absolute Gasteiger partial charge is 0.496 e. The van der Waals surface area contributed by atoms with Gasteiger partial charge in [0.25, 0.3) is 11.5 Å². The minimum atomic E-state index is -0.213. The van der Waals surface area contributed by atoms with Crippen LogP contribution in [-0.4, -0.2) is 29.3 Å². The Morgan fingerprint density at radius 3 is 3.05 bits per heavy atom. The number of aromatic nitrogens is 2. The second-order valence-corrected chi connectivity index (χ2v) is 5.32. The molecular formula is C16H17N3O3. The Bertz CT molecular complexity index is 754. The summed E-state index contributed by atoms with van der Waals surface area (Å²) in [5, 5.41) is 9.51. The summed E-state index contributed by atoms with van der Waals surface area (Å²) in [4.78, 5) is 23.8. The first-order valence-electron chi connectivity index (χ1n) is 7.18. The van der Waals surface area contributed by atoms with Crippen LogP contribution in [0.25, 0.3) is 0 Å². The fourth-order valence-corrected chi connectivity index (χ4v) is 2.76. The van der Waals surface area contributed by atoms with E-state index in [0.717, 1.165) is 24.1 Å². The molecule has 0 bridgehead atoms. The molecule has 2 aromatic rings. The van der Waals surface area contributed by atoms with Crippen LogP contribution in [0.3, 0.4) is 0 Å². The van der Waals surface area contributed by atoms with Crippen molar-refractivity contribution in [1.29, 1.82) is 0 Å². The SMILES string of the molecule is COc1ccccc1C(=O)N[C@H]1CCc2n[nH]c(=O)cc2C1. The van der Waals surface area contributed by atoms with Gasteiger partial charge in [0.05, 0.1) is 18.4 Å². The average Bonchev–Trinajstić information content (AvgIpc) is 2.54. The molecular weight excluding hydrogens is 282 g/mol. The Hall–Kier alpha value is -2.63. The summed E-state index contributed by atoms with van der Waals surface area (Å²) < 4.78 is 5.21. The molecule has 1 aliphatic carbocycles. The first-order valence-corrected chi connectivity index (χ1v) is 7.18. The molecule has 6 nitrogen and oxygen atoms in total. The number of hydrogen-bond acceptors (Lipinski definition) is 4. The zero-order valence-electron chi connectivity index (χ0n) is 12.3. The van der Waals surface area contributed by atoms with Gasteiger partial charge in [0, 0.05) is 12.1 Å². The molecule has 2 N–H and O–H groups in total. The lowest BCUT2D eigenvalue weighted by molar-refractivity contribution is 0.0930. The average molecular weight is 299 g/mol. The zero-order chi connectivity index (χ0) is 15.5. The van der Waals surface area contributed by atoms with Crippen molar-refractivity contribution < 1.29 is 9.53 Å². The van der Waals surface area contributed by atoms with Crippen LogP contribution < -0.4 is 15.6 Å². The molecule has 0 saturated carbocycles. The highest BCUT2D eigenvalue weighted by Crippen LogP contribution is 2.20. The number of rotatable bonds is 3. The van der Waals surface area contributed by atoms with E-state index in [1.54, 1.807) is 31.4 Å². The van der Waals surface area contributed by atoms with Crippen LogP contribution in [-0.2, 0) is 12.8 Å². The van der Waals surface area contributed by atoms with Gasteiger partial charge in [-0.25, -0.2) is 5.10 Å². The number of carbonyl (C=O) groups excluding carboxylic acids is 1. The fourth-order valence-electron chi connectivity index (χ4n) is 2.76. The van der Waals surface area contributed by atoms with Crippen molar-refractivity contribution in [3.63, 3.8) is 0 Å². The molecule has 3 rings (SSSR count). The maximum atomic E-state index is 12.4. The second-order valence-electron chi connectivity index (χ2n) is 5.32. The number of para-hydroxylation sites is 1. The first-order chi connectivity index (χ1) is 10.7. The normalized spacial score (nSPS) is 16.7. The number of methoxy groups -OCH3 is 1. The number of ether oxygens (including phenoxy) is 1. The van der Waals surface area contributed by atoms with Crippen LogP contribution in [0.15, 0.2) is 35.1 Å². The summed E-state index contributed by atoms with van der Waals surface area (Å²) in [6, 6.07) is 8.67. The van der Waals surface area contributed by atoms with E-state index in [4.69, 9.17) is 4.74 Å². The summed E-state index contributed by atoms with van der Waals surface area (Å²) in [5.41, 5.74) is 2.11. The highest BCUT2D eigenvalue weighted by Gasteiger charge is 2.23. The number of aryl methyl sites for hydroxylation is 1. The van der Waals surface area contributed by atoms with Crippen molar-refractivity contribution >= 4 is 5.91 Å². The fraction of sp³-hybridized carbons (Fsp3) is 0.312. The van der Waals surface area contributed by atoms with Gasteiger partial charge in [0.2, 0.25) is 0 Å². The molecule has 0 radical (unpaired) electrons. The van der Waals surface area contributed by atoms with Gasteiger partial charge in [-0.2, -0.15) is 5.10 Å². The van der Waals surface area contributed by atoms with Gasteiger partial charge >= 0.3 is 0 Å². The Kier molecular flexibility index (Phi) is 3.91. The number of hydrogen-bond donors (Lipinski definition) is 2. The van der Waals surface area contributed by atoms with Gasteiger partial charge in [-0.3, -0.25) is 9.59 Å². The van der Waals surface area contributed by atoms with Gasteiger partial charge < -0.3 is 10.1 Å². The van der Waals surface area contributed by atoms with Gasteiger partial charge in [-0.1, -0.05) is 12.1 Å². The van der Waals surface area contributed by atoms with E-state index in [0.29, 0.717) is 17.7 Å². The van der Waals surface area contributed by atoms with Crippen molar-refractivity contribution in [2.45, 2.75) is 25.3 Å². The monoisotopic (exact) mass is 299 g/mol. The number of aromatic amines is 1. The Morgan fingerprint density at radius 1 is 1.41 bits per heavy atom. The van der Waals surface area contributed by atoms with Crippen molar-refractivity contribution in [1.82, 2.24) is 15.5 Å². The topological polar surface area (TPSA) is 84.1 Å². The van der Waals surface area contributed by atoms with E-state index in [1.165, 1.54) is 0 Å². The third-order valence-corrected chi connectivity index (χ3v) is 3.86. The standard InChI is InChI=1S/C16H17N3O3/c1-22-14-5-3-2-4-12(14)16(21)17-11-6-7-13-10(8-11)9-15(20)19-18-13/h2-5,9,11H,6-8H2,1H3,(H,17,21)(H,19,20)/t11-/m0/s1. The smallest absolute Gasteiger partial charge is 0.264 e. The quantitative estimate of drug-likeness (QED) is 0.888. The number of benzene rings is 1. The van der Waals surface area contributed by atoms with E-state index >= 15 is 0 Å². The van der Waals surface area contributed by atoms with Crippen molar-refractivity contribution in [3.8, 4) is 5.75 Å². The Morgan fingerprint density at radius 2 is 2.23 bits per heavy atom. The molecule has 6 heteroatoms. The summed E-state index contributed by atoms with van der Waals surface area (Å²) in [7, 11) is 1.54. The van der Waals surface area contributed by atoms with E-state index in [2.05, 4.69) is 15.5 Å². The Labute approximate surface area is 127 Å². The lowest BCUT2D eigenvalue weighted by Gasteiger charge is -2.24. The van der Waals surface area contributed by atoms with Crippen molar-refractivity contribution in [2.24, 2.45) is 0 Å². The van der Waals surface area contributed by atoms with Gasteiger partial charge in [-0.05, 0) is 37.0 Å². The van der Waals surface area contributed by atoms with Crippen molar-refractivity contribution in [2.75, 3.05) is 7.11 Å². The molecule has 0 saturated heterocycles. The molecule has 0 aliphatic heterocycles. The van der Waals surface area contributed by atoms with Gasteiger partial charge in [-0.15, -0.1) is 0 Å². The molecule has 1 aliphatic rings. The van der Waals surface area contributed by atoms with Crippen LogP contribution in [0, 0.1) is 0 Å². The number of H-pyrrole nitrogens is 1. The summed E-state index contributed by atoms with van der Waals surface area (Å²) in [5.74, 6) is 0.387. The molecule has 1 aromatic carbocycles. The van der Waals surface area contributed by atoms with Crippen LogP contribution in [0.5, 0.6) is 5.75 Å². The van der Waals surface area contributed by atoms with Crippen LogP contribution in [0.2, 0.25) is 0 Å². The summed E-state index contributed by atoms with van der Waals surface area (Å²) >= 11 is 0. The number of amides is 1. The van der Waals surface area contributed by atoms with Crippen molar-refractivity contribution in [3.05, 3.63) is 57.5 Å². The van der Waals surface area contributed by atoms with Crippen LogP contribution >= 0.6 is 0 Å². The van der Waals surface area contributed by atoms with Crippen LogP contribution in [0.4, 0.5) is 0 Å². The molecule has 114 valence electrons. The minimum absolute atomic E-state index is 0.00601. The molecule has 1 heterocycles. The predicted octanol–water partition coefficient (Wildman–Crippen LogP) is 1.07. The first kappa shape index (κ1) is 14.3. The second kappa shape index (κ2) is 6.01. The van der Waals surface area contributed by atoms with E-state index in [-0.39, 0.29) is 17.5 Å². The molecule has 1 amide bonds. The molecule has 1 atom stereocenters. The predicted molar refractivity (Wildman–Crippen MR) is 81.1 cm³/mol. The van der Waals surface area contributed by atoms with E-state index < -0.39 is 0 Å². The molecule has 1 aromatic heterocycles. The van der Waals surface area contributed by atoms with Gasteiger partial charge in [0.1, 0.15) is 5.75 Å². The van der Waals surface area contributed by atoms with Crippen LogP contribution in [0.1, 0.15) is 28.0 Å².